The number of hydrogen-bond acceptors (Lipinski definition) is 4. The van der Waals surface area contributed by atoms with E-state index in [0.29, 0.717) is 0 Å². The van der Waals surface area contributed by atoms with Crippen LogP contribution in [0.2, 0.25) is 0 Å². The van der Waals surface area contributed by atoms with Crippen LogP contribution in [0.15, 0.2) is 4.52 Å². The molecule has 0 aliphatic carbocycles. The second-order valence-corrected chi connectivity index (χ2v) is 14.1. The predicted molar refractivity (Wildman–Crippen MR) is 101 cm³/mol. The molecule has 0 amide bonds. The fraction of sp³-hybridized carbons (Fsp3) is 1.00. The van der Waals surface area contributed by atoms with Crippen molar-refractivity contribution in [2.24, 2.45) is 4.52 Å². The second kappa shape index (κ2) is 7.54. The summed E-state index contributed by atoms with van der Waals surface area (Å²) in [6, 6.07) is 0. The third-order valence-electron chi connectivity index (χ3n) is 4.27. The molecule has 0 atom stereocenters. The van der Waals surface area contributed by atoms with Gasteiger partial charge < -0.3 is 0 Å². The summed E-state index contributed by atoms with van der Waals surface area (Å²) in [5.74, 6) is 0. The van der Waals surface area contributed by atoms with E-state index in [1.165, 1.54) is 6.42 Å². The molecule has 0 bridgehead atoms. The molecule has 1 heterocycles. The molecule has 0 N–H and O–H groups in total. The molecule has 7 nitrogen and oxygen atoms in total. The molecular formula is C13H36N7P2+. The maximum atomic E-state index is 5.64. The van der Waals surface area contributed by atoms with Crippen molar-refractivity contribution in [2.75, 3.05) is 83.6 Å². The molecule has 1 aliphatic rings. The molecule has 0 spiro atoms. The smallest absolute Gasteiger partial charge is 0.249 e. The van der Waals surface area contributed by atoms with Crippen molar-refractivity contribution in [3.63, 3.8) is 0 Å². The summed E-state index contributed by atoms with van der Waals surface area (Å²) in [7, 11) is 17.9. The third kappa shape index (κ3) is 3.28. The van der Waals surface area contributed by atoms with Gasteiger partial charge in [0.25, 0.3) is 0 Å². The lowest BCUT2D eigenvalue weighted by Gasteiger charge is -2.46. The van der Waals surface area contributed by atoms with E-state index in [1.54, 1.807) is 0 Å². The predicted octanol–water partition coefficient (Wildman–Crippen LogP) is 2.12. The summed E-state index contributed by atoms with van der Waals surface area (Å²) >= 11 is 0. The van der Waals surface area contributed by atoms with Crippen LogP contribution in [0.4, 0.5) is 0 Å². The molecule has 0 radical (unpaired) electrons. The molecule has 0 saturated carbocycles. The zero-order valence-corrected chi connectivity index (χ0v) is 17.9. The van der Waals surface area contributed by atoms with E-state index >= 15 is 0 Å². The Balaban J connectivity index is 3.66. The van der Waals surface area contributed by atoms with Crippen molar-refractivity contribution in [3.05, 3.63) is 0 Å². The van der Waals surface area contributed by atoms with Crippen LogP contribution in [0.3, 0.4) is 0 Å². The SMILES string of the molecule is CN(C)P(=N[P+]1(N(C)C)N(C)CCCN1C)(N(C)C)N(C)C. The molecule has 1 aliphatic heterocycles. The van der Waals surface area contributed by atoms with Gasteiger partial charge in [0, 0.05) is 41.3 Å². The summed E-state index contributed by atoms with van der Waals surface area (Å²) in [4.78, 5) is 0. The first kappa shape index (κ1) is 20.5. The Morgan fingerprint density at radius 2 is 1.14 bits per heavy atom. The highest BCUT2D eigenvalue weighted by atomic mass is 31.2. The van der Waals surface area contributed by atoms with E-state index in [4.69, 9.17) is 4.52 Å². The fourth-order valence-electron chi connectivity index (χ4n) is 3.36. The Morgan fingerprint density at radius 1 is 0.773 bits per heavy atom. The number of hydrogen-bond donors (Lipinski definition) is 0. The zero-order chi connectivity index (χ0) is 17.3. The Bertz CT molecular complexity index is 384. The second-order valence-electron chi connectivity index (χ2n) is 6.67. The average Bonchev–Trinajstić information content (AvgIpc) is 2.37. The third-order valence-corrected chi connectivity index (χ3v) is 12.7. The number of rotatable bonds is 5. The van der Waals surface area contributed by atoms with Crippen LogP contribution in [0.5, 0.6) is 0 Å². The summed E-state index contributed by atoms with van der Waals surface area (Å²) < 4.78 is 19.8. The van der Waals surface area contributed by atoms with Crippen LogP contribution in [-0.4, -0.2) is 112 Å². The normalized spacial score (nSPS) is 21.4. The number of nitrogens with zero attached hydrogens (tertiary/aromatic N) is 7. The van der Waals surface area contributed by atoms with Gasteiger partial charge in [-0.2, -0.15) is 0 Å². The van der Waals surface area contributed by atoms with Gasteiger partial charge in [0.15, 0.2) is 0 Å². The lowest BCUT2D eigenvalue weighted by atomic mass is 10.4. The van der Waals surface area contributed by atoms with Crippen molar-refractivity contribution in [3.8, 4) is 0 Å². The van der Waals surface area contributed by atoms with Crippen LogP contribution in [0.25, 0.3) is 0 Å². The first-order valence-electron chi connectivity index (χ1n) is 7.70. The van der Waals surface area contributed by atoms with Gasteiger partial charge in [0.05, 0.1) is 0 Å². The molecule has 0 aromatic heterocycles. The van der Waals surface area contributed by atoms with E-state index in [9.17, 15) is 0 Å². The van der Waals surface area contributed by atoms with Crippen molar-refractivity contribution in [1.29, 1.82) is 0 Å². The lowest BCUT2D eigenvalue weighted by Crippen LogP contribution is -2.44. The van der Waals surface area contributed by atoms with Crippen LogP contribution < -0.4 is 0 Å². The molecule has 1 fully saturated rings. The van der Waals surface area contributed by atoms with Crippen LogP contribution >= 0.6 is 15.4 Å². The molecule has 9 heteroatoms. The van der Waals surface area contributed by atoms with Crippen molar-refractivity contribution >= 4 is 15.4 Å². The summed E-state index contributed by atoms with van der Waals surface area (Å²) in [6.45, 7) is 2.21. The van der Waals surface area contributed by atoms with Crippen LogP contribution in [0, 0.1) is 0 Å². The quantitative estimate of drug-likeness (QED) is 0.705. The average molecular weight is 352 g/mol. The van der Waals surface area contributed by atoms with Gasteiger partial charge in [-0.3, -0.25) is 0 Å². The minimum Gasteiger partial charge on any atom is -0.249 e. The summed E-state index contributed by atoms with van der Waals surface area (Å²) in [5.41, 5.74) is 0. The van der Waals surface area contributed by atoms with Gasteiger partial charge in [-0.1, -0.05) is 0 Å². The molecule has 1 saturated heterocycles. The monoisotopic (exact) mass is 352 g/mol. The standard InChI is InChI=1S/C13H36N7P2/c1-15(2)21(16(3)4,17(5)6)14-22(18(7)8)19(9)12-11-13-20(22)10/h11-13H2,1-10H3/q+1. The van der Waals surface area contributed by atoms with Gasteiger partial charge in [-0.15, -0.1) is 14.0 Å². The summed E-state index contributed by atoms with van der Waals surface area (Å²) in [5, 5.41) is 0. The van der Waals surface area contributed by atoms with Crippen molar-refractivity contribution in [2.45, 2.75) is 6.42 Å². The first-order valence-corrected chi connectivity index (χ1v) is 10.9. The highest BCUT2D eigenvalue weighted by molar-refractivity contribution is 7.75. The zero-order valence-electron chi connectivity index (χ0n) is 16.1. The van der Waals surface area contributed by atoms with Crippen molar-refractivity contribution < 1.29 is 0 Å². The maximum absolute atomic E-state index is 5.64. The van der Waals surface area contributed by atoms with Crippen molar-refractivity contribution in [1.82, 2.24) is 28.0 Å². The highest BCUT2D eigenvalue weighted by Crippen LogP contribution is 2.75. The van der Waals surface area contributed by atoms with Gasteiger partial charge in [-0.25, -0.2) is 14.0 Å². The van der Waals surface area contributed by atoms with Crippen LogP contribution in [-0.2, 0) is 0 Å². The molecule has 132 valence electrons. The lowest BCUT2D eigenvalue weighted by molar-refractivity contribution is 0.329. The largest absolute Gasteiger partial charge is 0.356 e. The molecule has 1 rings (SSSR count). The maximum Gasteiger partial charge on any atom is 0.356 e. The fourth-order valence-corrected chi connectivity index (χ4v) is 13.0. The van der Waals surface area contributed by atoms with Gasteiger partial charge in [0.1, 0.15) is 0 Å². The van der Waals surface area contributed by atoms with Gasteiger partial charge in [0.2, 0.25) is 7.51 Å². The van der Waals surface area contributed by atoms with Gasteiger partial charge >= 0.3 is 7.87 Å². The molecular weight excluding hydrogens is 316 g/mol. The first-order chi connectivity index (χ1) is 10.0. The molecule has 0 aromatic carbocycles. The molecule has 22 heavy (non-hydrogen) atoms. The highest BCUT2D eigenvalue weighted by Gasteiger charge is 2.56. The summed E-state index contributed by atoms with van der Waals surface area (Å²) in [6.07, 6.45) is 1.20. The Kier molecular flexibility index (Phi) is 7.01. The Morgan fingerprint density at radius 3 is 1.41 bits per heavy atom. The van der Waals surface area contributed by atoms with E-state index in [0.717, 1.165) is 13.1 Å². The van der Waals surface area contributed by atoms with E-state index in [2.05, 4.69) is 98.5 Å². The molecule has 0 unspecified atom stereocenters. The Labute approximate surface area is 138 Å². The van der Waals surface area contributed by atoms with Gasteiger partial charge in [-0.05, 0) is 53.2 Å². The topological polar surface area (TPSA) is 31.8 Å². The minimum absolute atomic E-state index is 1.11. The molecule has 0 aromatic rings. The van der Waals surface area contributed by atoms with Crippen LogP contribution in [0.1, 0.15) is 6.42 Å². The Hall–Kier alpha value is 0.420. The van der Waals surface area contributed by atoms with E-state index < -0.39 is 15.4 Å². The minimum atomic E-state index is -1.93. The van der Waals surface area contributed by atoms with E-state index in [1.807, 2.05) is 0 Å². The van der Waals surface area contributed by atoms with E-state index in [-0.39, 0.29) is 0 Å².